The number of para-hydroxylation sites is 1. The highest BCUT2D eigenvalue weighted by atomic mass is 32.2. The van der Waals surface area contributed by atoms with Crippen molar-refractivity contribution in [3.8, 4) is 0 Å². The van der Waals surface area contributed by atoms with Gasteiger partial charge >= 0.3 is 0 Å². The molecule has 28 heavy (non-hydrogen) atoms. The molecule has 0 radical (unpaired) electrons. The number of likely N-dealkylation sites (N-methyl/N-ethyl adjacent to an activating group) is 1. The number of quaternary nitrogens is 1. The molecular weight excluding hydrogens is 396 g/mol. The van der Waals surface area contributed by atoms with E-state index in [0.717, 1.165) is 24.4 Å². The summed E-state index contributed by atoms with van der Waals surface area (Å²) in [6.45, 7) is 0.945. The third-order valence-electron chi connectivity index (χ3n) is 4.17. The van der Waals surface area contributed by atoms with E-state index in [4.69, 9.17) is 0 Å². The molecule has 1 unspecified atom stereocenters. The van der Waals surface area contributed by atoms with Crippen LogP contribution in [0, 0.1) is 0 Å². The van der Waals surface area contributed by atoms with Crippen LogP contribution in [0.1, 0.15) is 5.01 Å². The zero-order valence-electron chi connectivity index (χ0n) is 16.0. The van der Waals surface area contributed by atoms with Crippen molar-refractivity contribution in [1.82, 2.24) is 9.29 Å². The number of rotatable bonds is 7. The zero-order chi connectivity index (χ0) is 20.3. The van der Waals surface area contributed by atoms with Gasteiger partial charge in [-0.1, -0.05) is 12.1 Å². The molecule has 0 fully saturated rings. The highest BCUT2D eigenvalue weighted by Gasteiger charge is 2.17. The molecule has 1 atom stereocenters. The number of benzene rings is 2. The van der Waals surface area contributed by atoms with Crippen LogP contribution in [-0.4, -0.2) is 51.3 Å². The van der Waals surface area contributed by atoms with Gasteiger partial charge in [0.1, 0.15) is 11.6 Å². The van der Waals surface area contributed by atoms with Gasteiger partial charge in [-0.05, 0) is 36.4 Å². The fourth-order valence-electron chi connectivity index (χ4n) is 2.72. The number of sulfonamides is 1. The Morgan fingerprint density at radius 1 is 1.14 bits per heavy atom. The van der Waals surface area contributed by atoms with E-state index in [-0.39, 0.29) is 17.3 Å². The van der Waals surface area contributed by atoms with Crippen molar-refractivity contribution in [1.29, 1.82) is 0 Å². The number of carbonyl (C=O) groups is 1. The SMILES string of the molecule is CN(C)S(=O)(=O)c1ccc(NC(=O)C[NH+](C)Cc2nc3ccccc3s2)cc1. The largest absolute Gasteiger partial charge is 0.324 e. The Balaban J connectivity index is 1.57. The first-order valence-electron chi connectivity index (χ1n) is 8.74. The summed E-state index contributed by atoms with van der Waals surface area (Å²) in [5.41, 5.74) is 1.54. The number of fused-ring (bicyclic) bond motifs is 1. The lowest BCUT2D eigenvalue weighted by atomic mass is 10.3. The molecule has 3 rings (SSSR count). The zero-order valence-corrected chi connectivity index (χ0v) is 17.6. The molecule has 9 heteroatoms. The molecule has 0 aliphatic heterocycles. The number of thiazole rings is 1. The predicted octanol–water partition coefficient (Wildman–Crippen LogP) is 1.20. The summed E-state index contributed by atoms with van der Waals surface area (Å²) >= 11 is 1.64. The van der Waals surface area contributed by atoms with Gasteiger partial charge < -0.3 is 10.2 Å². The Morgan fingerprint density at radius 3 is 2.46 bits per heavy atom. The Bertz CT molecular complexity index is 1040. The van der Waals surface area contributed by atoms with E-state index < -0.39 is 10.0 Å². The number of aromatic nitrogens is 1. The lowest BCUT2D eigenvalue weighted by Crippen LogP contribution is -3.08. The Hall–Kier alpha value is -2.33. The van der Waals surface area contributed by atoms with E-state index in [1.165, 1.54) is 26.2 Å². The fourth-order valence-corrected chi connectivity index (χ4v) is 4.70. The predicted molar refractivity (Wildman–Crippen MR) is 111 cm³/mol. The van der Waals surface area contributed by atoms with Crippen LogP contribution in [0.2, 0.25) is 0 Å². The van der Waals surface area contributed by atoms with Crippen LogP contribution in [0.15, 0.2) is 53.4 Å². The van der Waals surface area contributed by atoms with Crippen LogP contribution in [-0.2, 0) is 21.4 Å². The summed E-state index contributed by atoms with van der Waals surface area (Å²) in [5.74, 6) is -0.137. The molecule has 7 nitrogen and oxygen atoms in total. The molecule has 1 amide bonds. The van der Waals surface area contributed by atoms with Crippen molar-refractivity contribution in [2.24, 2.45) is 0 Å². The molecule has 3 aromatic rings. The number of nitrogens with one attached hydrogen (secondary N) is 2. The standard InChI is InChI=1S/C19H22N4O3S2/c1-22(2)28(25,26)15-10-8-14(9-11-15)20-18(24)12-23(3)13-19-21-16-6-4-5-7-17(16)27-19/h4-11H,12-13H2,1-3H3,(H,20,24)/p+1. The lowest BCUT2D eigenvalue weighted by molar-refractivity contribution is -0.885. The van der Waals surface area contributed by atoms with Gasteiger partial charge in [0.05, 0.1) is 22.2 Å². The van der Waals surface area contributed by atoms with Gasteiger partial charge in [0.2, 0.25) is 10.0 Å². The van der Waals surface area contributed by atoms with E-state index >= 15 is 0 Å². The second kappa shape index (κ2) is 8.36. The third-order valence-corrected chi connectivity index (χ3v) is 7.04. The van der Waals surface area contributed by atoms with E-state index in [1.54, 1.807) is 23.5 Å². The lowest BCUT2D eigenvalue weighted by Gasteiger charge is -2.13. The average molecular weight is 420 g/mol. The van der Waals surface area contributed by atoms with Crippen LogP contribution >= 0.6 is 11.3 Å². The highest BCUT2D eigenvalue weighted by Crippen LogP contribution is 2.20. The van der Waals surface area contributed by atoms with Crippen molar-refractivity contribution in [2.45, 2.75) is 11.4 Å². The Morgan fingerprint density at radius 2 is 1.82 bits per heavy atom. The van der Waals surface area contributed by atoms with Crippen LogP contribution in [0.3, 0.4) is 0 Å². The van der Waals surface area contributed by atoms with E-state index in [9.17, 15) is 13.2 Å². The van der Waals surface area contributed by atoms with Crippen molar-refractivity contribution in [3.05, 3.63) is 53.5 Å². The van der Waals surface area contributed by atoms with Crippen molar-refractivity contribution >= 4 is 43.2 Å². The minimum absolute atomic E-state index is 0.137. The number of anilines is 1. The van der Waals surface area contributed by atoms with Crippen LogP contribution < -0.4 is 10.2 Å². The van der Waals surface area contributed by atoms with Gasteiger partial charge in [0, 0.05) is 19.8 Å². The summed E-state index contributed by atoms with van der Waals surface area (Å²) < 4.78 is 26.5. The number of hydrogen-bond acceptors (Lipinski definition) is 5. The molecule has 1 heterocycles. The molecule has 0 aliphatic rings. The molecule has 148 valence electrons. The first-order valence-corrected chi connectivity index (χ1v) is 11.0. The molecule has 2 aromatic carbocycles. The number of carbonyl (C=O) groups excluding carboxylic acids is 1. The summed E-state index contributed by atoms with van der Waals surface area (Å²) in [6, 6.07) is 14.1. The summed E-state index contributed by atoms with van der Waals surface area (Å²) in [4.78, 5) is 18.1. The minimum atomic E-state index is -3.48. The number of amides is 1. The first-order chi connectivity index (χ1) is 13.3. The molecule has 2 N–H and O–H groups in total. The van der Waals surface area contributed by atoms with Crippen molar-refractivity contribution in [3.63, 3.8) is 0 Å². The van der Waals surface area contributed by atoms with Crippen LogP contribution in [0.25, 0.3) is 10.2 Å². The van der Waals surface area contributed by atoms with Gasteiger partial charge in [0.25, 0.3) is 5.91 Å². The maximum atomic E-state index is 12.3. The smallest absolute Gasteiger partial charge is 0.279 e. The van der Waals surface area contributed by atoms with Gasteiger partial charge in [-0.3, -0.25) is 4.79 Å². The third kappa shape index (κ3) is 4.74. The highest BCUT2D eigenvalue weighted by molar-refractivity contribution is 7.89. The monoisotopic (exact) mass is 419 g/mol. The maximum Gasteiger partial charge on any atom is 0.279 e. The first kappa shape index (κ1) is 20.4. The number of nitrogens with zero attached hydrogens (tertiary/aromatic N) is 2. The van der Waals surface area contributed by atoms with Gasteiger partial charge in [-0.2, -0.15) is 0 Å². The normalized spacial score (nSPS) is 13.0. The Kier molecular flexibility index (Phi) is 6.09. The van der Waals surface area contributed by atoms with Crippen LogP contribution in [0.4, 0.5) is 5.69 Å². The number of hydrogen-bond donors (Lipinski definition) is 2. The van der Waals surface area contributed by atoms with Crippen molar-refractivity contribution in [2.75, 3.05) is 33.0 Å². The quantitative estimate of drug-likeness (QED) is 0.603. The van der Waals surface area contributed by atoms with Gasteiger partial charge in [0.15, 0.2) is 6.54 Å². The second-order valence-electron chi connectivity index (χ2n) is 6.75. The molecule has 1 aromatic heterocycles. The molecule has 0 saturated heterocycles. The molecule has 0 saturated carbocycles. The molecule has 0 aliphatic carbocycles. The molecular formula is C19H23N4O3S2+. The van der Waals surface area contributed by atoms with E-state index in [1.807, 2.05) is 31.3 Å². The van der Waals surface area contributed by atoms with Gasteiger partial charge in [-0.25, -0.2) is 17.7 Å². The molecule has 0 bridgehead atoms. The van der Waals surface area contributed by atoms with Crippen molar-refractivity contribution < 1.29 is 18.1 Å². The topological polar surface area (TPSA) is 83.8 Å². The van der Waals surface area contributed by atoms with E-state index in [0.29, 0.717) is 12.2 Å². The Labute approximate surface area is 168 Å². The van der Waals surface area contributed by atoms with E-state index in [2.05, 4.69) is 10.3 Å². The van der Waals surface area contributed by atoms with Gasteiger partial charge in [-0.15, -0.1) is 11.3 Å². The van der Waals surface area contributed by atoms with Crippen LogP contribution in [0.5, 0.6) is 0 Å². The maximum absolute atomic E-state index is 12.3. The minimum Gasteiger partial charge on any atom is -0.324 e. The summed E-state index contributed by atoms with van der Waals surface area (Å²) in [5, 5.41) is 3.80. The summed E-state index contributed by atoms with van der Waals surface area (Å²) in [7, 11) is 1.43. The fraction of sp³-hybridized carbons (Fsp3) is 0.263. The molecule has 0 spiro atoms. The second-order valence-corrected chi connectivity index (χ2v) is 10.0. The average Bonchev–Trinajstić information content (AvgIpc) is 3.03. The summed E-state index contributed by atoms with van der Waals surface area (Å²) in [6.07, 6.45) is 0.